The number of hydrogen-bond donors (Lipinski definition) is 0. The molecule has 0 saturated carbocycles. The lowest BCUT2D eigenvalue weighted by Crippen LogP contribution is -1.39. The summed E-state index contributed by atoms with van der Waals surface area (Å²) in [5.74, 6) is 0. The molecule has 0 amide bonds. The van der Waals surface area contributed by atoms with Crippen LogP contribution in [0.1, 0.15) is 0 Å². The van der Waals surface area contributed by atoms with Gasteiger partial charge in [0.1, 0.15) is 0 Å². The SMILES string of the molecule is I[13c]1cc[13c](I)s1. The van der Waals surface area contributed by atoms with Crippen LogP contribution >= 0.6 is 56.5 Å². The monoisotopic (exact) mass is 338 g/mol. The van der Waals surface area contributed by atoms with E-state index in [0.29, 0.717) is 0 Å². The fourth-order valence-electron chi connectivity index (χ4n) is 0.292. The molecule has 0 fully saturated rings. The summed E-state index contributed by atoms with van der Waals surface area (Å²) in [6.45, 7) is 0. The lowest BCUT2D eigenvalue weighted by Gasteiger charge is -1.67. The molecule has 0 N–H and O–H groups in total. The highest BCUT2D eigenvalue weighted by Gasteiger charge is 1.87. The maximum absolute atomic E-state index is 2.31. The number of hydrogen-bond acceptors (Lipinski definition) is 1. The van der Waals surface area contributed by atoms with Gasteiger partial charge in [0, 0.05) is 0 Å². The fraction of sp³-hybridized carbons (Fsp3) is 0. The summed E-state index contributed by atoms with van der Waals surface area (Å²) in [7, 11) is 0. The molecule has 0 aliphatic carbocycles. The van der Waals surface area contributed by atoms with Crippen LogP contribution in [0.3, 0.4) is 0 Å². The second kappa shape index (κ2) is 2.63. The Hall–Kier alpha value is 1.16. The first kappa shape index (κ1) is 6.28. The minimum atomic E-state index is 1.36. The lowest BCUT2D eigenvalue weighted by molar-refractivity contribution is 1.93. The van der Waals surface area contributed by atoms with Gasteiger partial charge in [0.25, 0.3) is 0 Å². The quantitative estimate of drug-likeness (QED) is 0.638. The summed E-state index contributed by atoms with van der Waals surface area (Å²) >= 11 is 6.44. The van der Waals surface area contributed by atoms with E-state index in [9.17, 15) is 0 Å². The highest BCUT2D eigenvalue weighted by molar-refractivity contribution is 14.1. The Kier molecular flexibility index (Phi) is 2.36. The van der Waals surface area contributed by atoms with Crippen molar-refractivity contribution in [2.45, 2.75) is 0 Å². The Morgan fingerprint density at radius 3 is 1.71 bits per heavy atom. The molecular weight excluding hydrogens is 336 g/mol. The molecule has 1 heterocycles. The van der Waals surface area contributed by atoms with Crippen molar-refractivity contribution in [3.63, 3.8) is 0 Å². The predicted octanol–water partition coefficient (Wildman–Crippen LogP) is 2.96. The first-order valence-corrected chi connectivity index (χ1v) is 4.67. The molecule has 0 aliphatic heterocycles. The van der Waals surface area contributed by atoms with E-state index < -0.39 is 0 Å². The fourth-order valence-corrected chi connectivity index (χ4v) is 3.80. The Balaban J connectivity index is 3.04. The van der Waals surface area contributed by atoms with Crippen LogP contribution in [0.15, 0.2) is 12.1 Å². The Labute approximate surface area is 73.6 Å². The third kappa shape index (κ3) is 1.85. The third-order valence-electron chi connectivity index (χ3n) is 0.540. The average molecular weight is 338 g/mol. The molecule has 38 valence electrons. The zero-order valence-corrected chi connectivity index (χ0v) is 8.45. The molecule has 1 aromatic heterocycles. The predicted molar refractivity (Wildman–Crippen MR) is 49.8 cm³/mol. The van der Waals surface area contributed by atoms with Crippen molar-refractivity contribution in [2.75, 3.05) is 0 Å². The maximum Gasteiger partial charge on any atom is 0.0664 e. The van der Waals surface area contributed by atoms with Crippen LogP contribution < -0.4 is 0 Å². The zero-order chi connectivity index (χ0) is 5.28. The Bertz CT molecular complexity index is 142. The maximum atomic E-state index is 2.31. The molecule has 0 atom stereocenters. The number of rotatable bonds is 0. The van der Waals surface area contributed by atoms with Gasteiger partial charge in [-0.15, -0.1) is 11.3 Å². The van der Waals surface area contributed by atoms with Gasteiger partial charge in [-0.25, -0.2) is 0 Å². The van der Waals surface area contributed by atoms with Crippen molar-refractivity contribution in [3.8, 4) is 0 Å². The highest BCUT2D eigenvalue weighted by Crippen LogP contribution is 2.18. The standard InChI is InChI=1S/C4H2I2S/c5-3-1-2-4(6)7-3/h1-2H/i3+1,4+1. The normalized spacial score (nSPS) is 9.43. The van der Waals surface area contributed by atoms with E-state index in [-0.39, 0.29) is 0 Å². The molecular formula is C4H2I2S. The van der Waals surface area contributed by atoms with Crippen LogP contribution in [-0.4, -0.2) is 0 Å². The molecule has 0 radical (unpaired) electrons. The van der Waals surface area contributed by atoms with Crippen molar-refractivity contribution >= 4 is 56.5 Å². The van der Waals surface area contributed by atoms with E-state index in [4.69, 9.17) is 0 Å². The molecule has 3 heteroatoms. The van der Waals surface area contributed by atoms with Crippen molar-refractivity contribution in [1.29, 1.82) is 0 Å². The van der Waals surface area contributed by atoms with Gasteiger partial charge >= 0.3 is 0 Å². The zero-order valence-electron chi connectivity index (χ0n) is 3.32. The smallest absolute Gasteiger partial charge is 0.0664 e. The molecule has 0 aromatic carbocycles. The third-order valence-corrected chi connectivity index (χ3v) is 3.24. The van der Waals surface area contributed by atoms with Gasteiger partial charge in [0.15, 0.2) is 0 Å². The van der Waals surface area contributed by atoms with E-state index in [1.807, 2.05) is 11.3 Å². The second-order valence-electron chi connectivity index (χ2n) is 1.04. The van der Waals surface area contributed by atoms with Crippen molar-refractivity contribution in [1.82, 2.24) is 0 Å². The molecule has 1 rings (SSSR count). The summed E-state index contributed by atoms with van der Waals surface area (Å²) in [4.78, 5) is 0. The van der Waals surface area contributed by atoms with Crippen LogP contribution in [0.4, 0.5) is 0 Å². The van der Waals surface area contributed by atoms with E-state index in [1.54, 1.807) is 0 Å². The summed E-state index contributed by atoms with van der Waals surface area (Å²) < 4.78 is 2.73. The van der Waals surface area contributed by atoms with Crippen LogP contribution in [0.5, 0.6) is 0 Å². The van der Waals surface area contributed by atoms with Crippen LogP contribution in [0.2, 0.25) is 0 Å². The van der Waals surface area contributed by atoms with E-state index in [0.717, 1.165) is 0 Å². The van der Waals surface area contributed by atoms with E-state index >= 15 is 0 Å². The summed E-state index contributed by atoms with van der Waals surface area (Å²) in [5, 5.41) is 0. The molecule has 0 spiro atoms. The minimum absolute atomic E-state index is 1.36. The molecule has 0 saturated heterocycles. The van der Waals surface area contributed by atoms with Gasteiger partial charge in [-0.05, 0) is 57.3 Å². The van der Waals surface area contributed by atoms with Crippen molar-refractivity contribution in [2.24, 2.45) is 0 Å². The molecule has 0 unspecified atom stereocenters. The Morgan fingerprint density at radius 2 is 1.57 bits per heavy atom. The number of thiophene rings is 1. The molecule has 0 nitrogen and oxygen atoms in total. The summed E-state index contributed by atoms with van der Waals surface area (Å²) in [6.07, 6.45) is 0. The van der Waals surface area contributed by atoms with Crippen molar-refractivity contribution in [3.05, 3.63) is 17.9 Å². The van der Waals surface area contributed by atoms with Gasteiger partial charge < -0.3 is 0 Å². The molecule has 1 aromatic rings. The average Bonchev–Trinajstić information content (AvgIpc) is 1.87. The first-order chi connectivity index (χ1) is 3.29. The molecule has 0 bridgehead atoms. The van der Waals surface area contributed by atoms with Gasteiger partial charge in [0.05, 0.1) is 5.77 Å². The van der Waals surface area contributed by atoms with Gasteiger partial charge in [-0.3, -0.25) is 0 Å². The second-order valence-corrected chi connectivity index (χ2v) is 5.92. The molecule has 7 heavy (non-hydrogen) atoms. The summed E-state index contributed by atoms with van der Waals surface area (Å²) in [5.41, 5.74) is 0. The lowest BCUT2D eigenvalue weighted by atomic mass is 10.9. The van der Waals surface area contributed by atoms with Crippen LogP contribution in [0, 0.1) is 5.77 Å². The Morgan fingerprint density at radius 1 is 1.14 bits per heavy atom. The minimum Gasteiger partial charge on any atom is -0.123 e. The number of halogens is 2. The van der Waals surface area contributed by atoms with E-state index in [1.165, 1.54) is 5.77 Å². The van der Waals surface area contributed by atoms with Crippen LogP contribution in [-0.2, 0) is 0 Å². The van der Waals surface area contributed by atoms with Crippen LogP contribution in [0.25, 0.3) is 0 Å². The largest absolute Gasteiger partial charge is 0.123 e. The topological polar surface area (TPSA) is 0 Å². The first-order valence-electron chi connectivity index (χ1n) is 1.70. The van der Waals surface area contributed by atoms with Gasteiger partial charge in [0.2, 0.25) is 0 Å². The van der Waals surface area contributed by atoms with Gasteiger partial charge in [-0.2, -0.15) is 0 Å². The highest BCUT2D eigenvalue weighted by atomic mass is 127. The van der Waals surface area contributed by atoms with Crippen molar-refractivity contribution < 1.29 is 0 Å². The van der Waals surface area contributed by atoms with Gasteiger partial charge in [-0.1, -0.05) is 0 Å². The summed E-state index contributed by atoms with van der Waals surface area (Å²) in [6, 6.07) is 4.24. The van der Waals surface area contributed by atoms with E-state index in [2.05, 4.69) is 57.3 Å². The molecule has 0 aliphatic rings.